The van der Waals surface area contributed by atoms with Crippen molar-refractivity contribution in [1.82, 2.24) is 15.6 Å². The number of ether oxygens (including phenoxy) is 2. The number of hydrogen-bond donors (Lipinski definition) is 2. The maximum Gasteiger partial charge on any atom is 0.187 e. The third kappa shape index (κ3) is 6.26. The van der Waals surface area contributed by atoms with E-state index in [1.165, 1.54) is 0 Å². The Morgan fingerprint density at radius 2 is 2.08 bits per heavy atom. The number of methoxy groups -OCH3 is 1. The zero-order valence-electron chi connectivity index (χ0n) is 15.5. The van der Waals surface area contributed by atoms with Crippen molar-refractivity contribution < 1.29 is 9.47 Å². The minimum absolute atomic E-state index is 0.275. The van der Waals surface area contributed by atoms with Gasteiger partial charge in [-0.15, -0.1) is 0 Å². The molecule has 0 unspecified atom stereocenters. The van der Waals surface area contributed by atoms with Crippen LogP contribution < -0.4 is 15.5 Å². The smallest absolute Gasteiger partial charge is 0.187 e. The van der Waals surface area contributed by atoms with Crippen LogP contribution in [0.15, 0.2) is 23.3 Å². The number of hydrazone groups is 1. The molecule has 0 spiro atoms. The molecule has 1 saturated heterocycles. The van der Waals surface area contributed by atoms with E-state index in [-0.39, 0.29) is 6.04 Å². The maximum atomic E-state index is 5.52. The standard InChI is InChI=1S/C18H28N4O2S/c1-13(2)19-18(25)21-20-14(3)15-5-6-17(23-4)16(11-15)12-22-7-9-24-10-8-22/h5-6,11,13H,7-10,12H2,1-4H3,(H2,19,21,25)/b20-14-. The number of morpholine rings is 1. The fraction of sp³-hybridized carbons (Fsp3) is 0.556. The third-order valence-electron chi connectivity index (χ3n) is 3.94. The predicted molar refractivity (Wildman–Crippen MR) is 105 cm³/mol. The summed E-state index contributed by atoms with van der Waals surface area (Å²) in [4.78, 5) is 2.37. The second kappa shape index (κ2) is 9.70. The van der Waals surface area contributed by atoms with E-state index in [4.69, 9.17) is 21.7 Å². The van der Waals surface area contributed by atoms with Gasteiger partial charge in [-0.05, 0) is 56.8 Å². The van der Waals surface area contributed by atoms with Gasteiger partial charge in [0.15, 0.2) is 5.11 Å². The molecule has 1 aromatic rings. The first kappa shape index (κ1) is 19.6. The summed E-state index contributed by atoms with van der Waals surface area (Å²) in [6, 6.07) is 6.42. The second-order valence-electron chi connectivity index (χ2n) is 6.35. The highest BCUT2D eigenvalue weighted by Crippen LogP contribution is 2.22. The molecule has 25 heavy (non-hydrogen) atoms. The van der Waals surface area contributed by atoms with E-state index in [1.807, 2.05) is 32.9 Å². The van der Waals surface area contributed by atoms with Crippen molar-refractivity contribution in [3.63, 3.8) is 0 Å². The van der Waals surface area contributed by atoms with Crippen LogP contribution in [0.5, 0.6) is 5.75 Å². The van der Waals surface area contributed by atoms with Crippen LogP contribution in [0.3, 0.4) is 0 Å². The molecular formula is C18H28N4O2S. The summed E-state index contributed by atoms with van der Waals surface area (Å²) < 4.78 is 10.9. The Hall–Kier alpha value is -1.70. The molecule has 1 fully saturated rings. The Balaban J connectivity index is 2.09. The number of nitrogens with one attached hydrogen (secondary N) is 2. The normalized spacial score (nSPS) is 16.0. The zero-order valence-corrected chi connectivity index (χ0v) is 16.3. The molecule has 0 aromatic heterocycles. The molecule has 0 saturated carbocycles. The third-order valence-corrected chi connectivity index (χ3v) is 4.15. The molecule has 1 heterocycles. The van der Waals surface area contributed by atoms with Gasteiger partial charge in [0.05, 0.1) is 26.0 Å². The summed E-state index contributed by atoms with van der Waals surface area (Å²) in [5, 5.41) is 8.01. The largest absolute Gasteiger partial charge is 0.496 e. The van der Waals surface area contributed by atoms with Crippen molar-refractivity contribution >= 4 is 23.0 Å². The molecule has 1 aliphatic heterocycles. The zero-order chi connectivity index (χ0) is 18.2. The van der Waals surface area contributed by atoms with Crippen LogP contribution in [0.1, 0.15) is 31.9 Å². The Bertz CT molecular complexity index is 613. The van der Waals surface area contributed by atoms with Crippen LogP contribution in [0, 0.1) is 0 Å². The highest BCUT2D eigenvalue weighted by atomic mass is 32.1. The van der Waals surface area contributed by atoms with E-state index >= 15 is 0 Å². The molecule has 1 aliphatic rings. The first-order valence-corrected chi connectivity index (χ1v) is 8.98. The Morgan fingerprint density at radius 3 is 2.72 bits per heavy atom. The fourth-order valence-electron chi connectivity index (χ4n) is 2.62. The molecule has 1 aromatic carbocycles. The van der Waals surface area contributed by atoms with Gasteiger partial charge in [-0.3, -0.25) is 10.3 Å². The van der Waals surface area contributed by atoms with Gasteiger partial charge >= 0.3 is 0 Å². The summed E-state index contributed by atoms with van der Waals surface area (Å²) in [5.41, 5.74) is 5.96. The van der Waals surface area contributed by atoms with E-state index in [9.17, 15) is 0 Å². The topological polar surface area (TPSA) is 58.1 Å². The quantitative estimate of drug-likeness (QED) is 0.458. The summed E-state index contributed by atoms with van der Waals surface area (Å²) in [5.74, 6) is 0.896. The number of benzene rings is 1. The minimum Gasteiger partial charge on any atom is -0.496 e. The number of thiocarbonyl (C=S) groups is 1. The Labute approximate surface area is 155 Å². The first-order chi connectivity index (χ1) is 12.0. The van der Waals surface area contributed by atoms with Crippen molar-refractivity contribution in [3.05, 3.63) is 29.3 Å². The summed E-state index contributed by atoms with van der Waals surface area (Å²) >= 11 is 5.20. The summed E-state index contributed by atoms with van der Waals surface area (Å²) in [6.45, 7) is 10.3. The number of rotatable bonds is 6. The van der Waals surface area contributed by atoms with Gasteiger partial charge in [0.1, 0.15) is 5.75 Å². The van der Waals surface area contributed by atoms with Gasteiger partial charge in [0.25, 0.3) is 0 Å². The summed E-state index contributed by atoms with van der Waals surface area (Å²) in [6.07, 6.45) is 0. The van der Waals surface area contributed by atoms with E-state index in [1.54, 1.807) is 7.11 Å². The molecular weight excluding hydrogens is 336 g/mol. The lowest BCUT2D eigenvalue weighted by atomic mass is 10.1. The van der Waals surface area contributed by atoms with Gasteiger partial charge < -0.3 is 14.8 Å². The Kier molecular flexibility index (Phi) is 7.61. The monoisotopic (exact) mass is 364 g/mol. The minimum atomic E-state index is 0.275. The predicted octanol–water partition coefficient (Wildman–Crippen LogP) is 2.12. The van der Waals surface area contributed by atoms with E-state index < -0.39 is 0 Å². The van der Waals surface area contributed by atoms with Crippen molar-refractivity contribution in [2.45, 2.75) is 33.4 Å². The van der Waals surface area contributed by atoms with Crippen molar-refractivity contribution in [2.24, 2.45) is 5.10 Å². The molecule has 2 rings (SSSR count). The van der Waals surface area contributed by atoms with Crippen LogP contribution >= 0.6 is 12.2 Å². The van der Waals surface area contributed by atoms with Gasteiger partial charge in [-0.25, -0.2) is 0 Å². The van der Waals surface area contributed by atoms with Crippen LogP contribution in [0.2, 0.25) is 0 Å². The second-order valence-corrected chi connectivity index (χ2v) is 6.76. The lowest BCUT2D eigenvalue weighted by molar-refractivity contribution is 0.0339. The molecule has 0 radical (unpaired) electrons. The molecule has 0 amide bonds. The van der Waals surface area contributed by atoms with E-state index in [2.05, 4.69) is 26.8 Å². The highest BCUT2D eigenvalue weighted by Gasteiger charge is 2.14. The number of hydrogen-bond acceptors (Lipinski definition) is 5. The highest BCUT2D eigenvalue weighted by molar-refractivity contribution is 7.80. The molecule has 2 N–H and O–H groups in total. The fourth-order valence-corrected chi connectivity index (χ4v) is 2.90. The van der Waals surface area contributed by atoms with Crippen LogP contribution in [0.25, 0.3) is 0 Å². The van der Waals surface area contributed by atoms with Gasteiger partial charge in [-0.1, -0.05) is 0 Å². The van der Waals surface area contributed by atoms with E-state index in [0.717, 1.165) is 55.4 Å². The van der Waals surface area contributed by atoms with Crippen LogP contribution in [-0.4, -0.2) is 55.2 Å². The number of nitrogens with zero attached hydrogens (tertiary/aromatic N) is 2. The maximum absolute atomic E-state index is 5.52. The van der Waals surface area contributed by atoms with Crippen molar-refractivity contribution in [3.8, 4) is 5.75 Å². The first-order valence-electron chi connectivity index (χ1n) is 8.57. The average molecular weight is 365 g/mol. The van der Waals surface area contributed by atoms with E-state index in [0.29, 0.717) is 5.11 Å². The molecule has 6 nitrogen and oxygen atoms in total. The molecule has 0 aliphatic carbocycles. The van der Waals surface area contributed by atoms with Crippen LogP contribution in [-0.2, 0) is 11.3 Å². The van der Waals surface area contributed by atoms with Gasteiger partial charge in [0, 0.05) is 31.2 Å². The molecule has 0 atom stereocenters. The Morgan fingerprint density at radius 1 is 1.36 bits per heavy atom. The molecule has 0 bridgehead atoms. The molecule has 138 valence electrons. The molecule has 7 heteroatoms. The SMILES string of the molecule is COc1ccc(/C(C)=N\NC(=S)NC(C)C)cc1CN1CCOCC1. The lowest BCUT2D eigenvalue weighted by Gasteiger charge is -2.27. The lowest BCUT2D eigenvalue weighted by Crippen LogP contribution is -2.37. The van der Waals surface area contributed by atoms with Crippen molar-refractivity contribution in [1.29, 1.82) is 0 Å². The average Bonchev–Trinajstić information content (AvgIpc) is 2.60. The van der Waals surface area contributed by atoms with Gasteiger partial charge in [0.2, 0.25) is 0 Å². The van der Waals surface area contributed by atoms with Crippen molar-refractivity contribution in [2.75, 3.05) is 33.4 Å². The van der Waals surface area contributed by atoms with Crippen LogP contribution in [0.4, 0.5) is 0 Å². The van der Waals surface area contributed by atoms with Gasteiger partial charge in [-0.2, -0.15) is 5.10 Å². The summed E-state index contributed by atoms with van der Waals surface area (Å²) in [7, 11) is 1.70.